The Morgan fingerprint density at radius 3 is 2.55 bits per heavy atom. The van der Waals surface area contributed by atoms with E-state index in [-0.39, 0.29) is 29.6 Å². The number of carbonyl (C=O) groups excluding carboxylic acids is 3. The molecule has 2 amide bonds. The third-order valence-electron chi connectivity index (χ3n) is 2.65. The molecule has 0 aliphatic heterocycles. The average Bonchev–Trinajstić information content (AvgIpc) is 2.42. The van der Waals surface area contributed by atoms with Crippen molar-refractivity contribution in [3.05, 3.63) is 28.2 Å². The lowest BCUT2D eigenvalue weighted by molar-refractivity contribution is -0.128. The van der Waals surface area contributed by atoms with E-state index < -0.39 is 17.6 Å². The molecule has 0 aliphatic carbocycles. The Kier molecular flexibility index (Phi) is 6.83. The highest BCUT2D eigenvalue weighted by Gasteiger charge is 2.26. The van der Waals surface area contributed by atoms with Crippen LogP contribution < -0.4 is 10.6 Å². The standard InChI is InChI=1S/C14H13Cl2N3O3/c1-8(20)18-5-4-13(21)10(7-17)14(22)19-12-3-2-9(15)6-11(12)16/h2-3,6,10H,4-5H2,1H3,(H,18,20)(H,19,22)/t10-/m1/s1. The molecular formula is C14H13Cl2N3O3. The summed E-state index contributed by atoms with van der Waals surface area (Å²) in [5, 5.41) is 14.4. The Bertz CT molecular complexity index is 641. The predicted molar refractivity (Wildman–Crippen MR) is 82.5 cm³/mol. The molecule has 0 aliphatic rings. The summed E-state index contributed by atoms with van der Waals surface area (Å²) in [6.07, 6.45) is -0.112. The monoisotopic (exact) mass is 341 g/mol. The van der Waals surface area contributed by atoms with Crippen molar-refractivity contribution in [3.63, 3.8) is 0 Å². The van der Waals surface area contributed by atoms with E-state index in [4.69, 9.17) is 28.5 Å². The van der Waals surface area contributed by atoms with Crippen LogP contribution in [0.1, 0.15) is 13.3 Å². The van der Waals surface area contributed by atoms with Crippen LogP contribution in [-0.4, -0.2) is 24.1 Å². The van der Waals surface area contributed by atoms with Crippen LogP contribution in [0, 0.1) is 17.2 Å². The van der Waals surface area contributed by atoms with Gasteiger partial charge in [0, 0.05) is 24.9 Å². The van der Waals surface area contributed by atoms with Crippen molar-refractivity contribution in [2.45, 2.75) is 13.3 Å². The lowest BCUT2D eigenvalue weighted by Crippen LogP contribution is -2.31. The molecule has 0 heterocycles. The molecule has 1 atom stereocenters. The zero-order valence-electron chi connectivity index (χ0n) is 11.7. The van der Waals surface area contributed by atoms with E-state index in [1.54, 1.807) is 6.07 Å². The molecule has 0 spiro atoms. The predicted octanol–water partition coefficient (Wildman–Crippen LogP) is 2.17. The van der Waals surface area contributed by atoms with Crippen molar-refractivity contribution in [3.8, 4) is 6.07 Å². The zero-order chi connectivity index (χ0) is 16.7. The lowest BCUT2D eigenvalue weighted by Gasteiger charge is -2.11. The summed E-state index contributed by atoms with van der Waals surface area (Å²) < 4.78 is 0. The number of hydrogen-bond acceptors (Lipinski definition) is 4. The van der Waals surface area contributed by atoms with Gasteiger partial charge in [-0.1, -0.05) is 23.2 Å². The molecule has 0 radical (unpaired) electrons. The van der Waals surface area contributed by atoms with E-state index in [0.29, 0.717) is 5.02 Å². The highest BCUT2D eigenvalue weighted by atomic mass is 35.5. The second-order valence-corrected chi connectivity index (χ2v) is 5.22. The van der Waals surface area contributed by atoms with Crippen molar-refractivity contribution in [1.29, 1.82) is 5.26 Å². The van der Waals surface area contributed by atoms with Crippen LogP contribution in [0.15, 0.2) is 18.2 Å². The summed E-state index contributed by atoms with van der Waals surface area (Å²) in [6, 6.07) is 6.06. The number of halogens is 2. The van der Waals surface area contributed by atoms with Crippen molar-refractivity contribution in [1.82, 2.24) is 5.32 Å². The molecule has 22 heavy (non-hydrogen) atoms. The first-order valence-electron chi connectivity index (χ1n) is 6.28. The van der Waals surface area contributed by atoms with E-state index in [1.165, 1.54) is 25.1 Å². The van der Waals surface area contributed by atoms with Gasteiger partial charge in [0.25, 0.3) is 0 Å². The van der Waals surface area contributed by atoms with Gasteiger partial charge in [-0.3, -0.25) is 14.4 Å². The summed E-state index contributed by atoms with van der Waals surface area (Å²) in [4.78, 5) is 34.5. The maximum Gasteiger partial charge on any atom is 0.249 e. The van der Waals surface area contributed by atoms with Gasteiger partial charge in [0.05, 0.1) is 16.8 Å². The summed E-state index contributed by atoms with van der Waals surface area (Å²) in [5.41, 5.74) is 0.256. The van der Waals surface area contributed by atoms with E-state index in [2.05, 4.69) is 10.6 Å². The van der Waals surface area contributed by atoms with Gasteiger partial charge in [-0.2, -0.15) is 5.26 Å². The smallest absolute Gasteiger partial charge is 0.249 e. The molecule has 1 aromatic carbocycles. The van der Waals surface area contributed by atoms with Crippen LogP contribution in [0.4, 0.5) is 5.69 Å². The molecule has 116 valence electrons. The number of amides is 2. The van der Waals surface area contributed by atoms with Crippen LogP contribution in [0.25, 0.3) is 0 Å². The zero-order valence-corrected chi connectivity index (χ0v) is 13.2. The number of nitrogens with zero attached hydrogens (tertiary/aromatic N) is 1. The molecule has 0 aromatic heterocycles. The summed E-state index contributed by atoms with van der Waals surface area (Å²) in [7, 11) is 0. The number of hydrogen-bond donors (Lipinski definition) is 2. The van der Waals surface area contributed by atoms with Gasteiger partial charge in [0.1, 0.15) is 0 Å². The Morgan fingerprint density at radius 1 is 1.32 bits per heavy atom. The van der Waals surface area contributed by atoms with Crippen LogP contribution in [0.3, 0.4) is 0 Å². The number of nitrogens with one attached hydrogen (secondary N) is 2. The SMILES string of the molecule is CC(=O)NCCC(=O)[C@@H](C#N)C(=O)Nc1ccc(Cl)cc1Cl. The van der Waals surface area contributed by atoms with Crippen molar-refractivity contribution in [2.75, 3.05) is 11.9 Å². The maximum absolute atomic E-state index is 12.0. The van der Waals surface area contributed by atoms with Crippen molar-refractivity contribution < 1.29 is 14.4 Å². The molecular weight excluding hydrogens is 329 g/mol. The largest absolute Gasteiger partial charge is 0.356 e. The molecule has 0 saturated heterocycles. The molecule has 2 N–H and O–H groups in total. The number of benzene rings is 1. The minimum absolute atomic E-state index is 0.0708. The first-order valence-corrected chi connectivity index (χ1v) is 7.03. The quantitative estimate of drug-likeness (QED) is 0.774. The Morgan fingerprint density at radius 2 is 2.00 bits per heavy atom. The summed E-state index contributed by atoms with van der Waals surface area (Å²) >= 11 is 11.6. The molecule has 1 aromatic rings. The third-order valence-corrected chi connectivity index (χ3v) is 3.20. The third kappa shape index (κ3) is 5.35. The van der Waals surface area contributed by atoms with Crippen molar-refractivity contribution >= 4 is 46.5 Å². The van der Waals surface area contributed by atoms with Gasteiger partial charge in [-0.25, -0.2) is 0 Å². The van der Waals surface area contributed by atoms with E-state index >= 15 is 0 Å². The van der Waals surface area contributed by atoms with Crippen LogP contribution in [0.5, 0.6) is 0 Å². The van der Waals surface area contributed by atoms with Gasteiger partial charge in [-0.15, -0.1) is 0 Å². The molecule has 6 nitrogen and oxygen atoms in total. The second kappa shape index (κ2) is 8.37. The highest BCUT2D eigenvalue weighted by Crippen LogP contribution is 2.25. The molecule has 0 unspecified atom stereocenters. The fourth-order valence-corrected chi connectivity index (χ4v) is 2.03. The van der Waals surface area contributed by atoms with E-state index in [1.807, 2.05) is 0 Å². The van der Waals surface area contributed by atoms with E-state index in [9.17, 15) is 14.4 Å². The van der Waals surface area contributed by atoms with Gasteiger partial charge in [0.15, 0.2) is 11.7 Å². The second-order valence-electron chi connectivity index (χ2n) is 4.37. The van der Waals surface area contributed by atoms with Gasteiger partial charge in [-0.05, 0) is 18.2 Å². The van der Waals surface area contributed by atoms with Crippen LogP contribution in [-0.2, 0) is 14.4 Å². The topological polar surface area (TPSA) is 99.1 Å². The van der Waals surface area contributed by atoms with Crippen LogP contribution >= 0.6 is 23.2 Å². The fourth-order valence-electron chi connectivity index (χ4n) is 1.58. The molecule has 8 heteroatoms. The maximum atomic E-state index is 12.0. The first kappa shape index (κ1) is 18.0. The minimum atomic E-state index is -1.47. The molecule has 0 bridgehead atoms. The summed E-state index contributed by atoms with van der Waals surface area (Å²) in [5.74, 6) is -3.13. The number of Topliss-reactive ketones (excluding diaryl/α,β-unsaturated/α-hetero) is 1. The fraction of sp³-hybridized carbons (Fsp3) is 0.286. The molecule has 1 rings (SSSR count). The number of anilines is 1. The number of carbonyl (C=O) groups is 3. The average molecular weight is 342 g/mol. The van der Waals surface area contributed by atoms with Gasteiger partial charge in [0.2, 0.25) is 11.8 Å². The first-order chi connectivity index (χ1) is 10.3. The number of ketones is 1. The van der Waals surface area contributed by atoms with Gasteiger partial charge >= 0.3 is 0 Å². The lowest BCUT2D eigenvalue weighted by atomic mass is 10.0. The summed E-state index contributed by atoms with van der Waals surface area (Å²) in [6.45, 7) is 1.38. The molecule has 0 fully saturated rings. The Balaban J connectivity index is 2.70. The van der Waals surface area contributed by atoms with Crippen LogP contribution in [0.2, 0.25) is 10.0 Å². The Hall–Kier alpha value is -2.10. The van der Waals surface area contributed by atoms with Gasteiger partial charge < -0.3 is 10.6 Å². The number of rotatable bonds is 6. The molecule has 0 saturated carbocycles. The van der Waals surface area contributed by atoms with E-state index in [0.717, 1.165) is 0 Å². The Labute approximate surface area is 137 Å². The number of nitriles is 1. The highest BCUT2D eigenvalue weighted by molar-refractivity contribution is 6.36. The van der Waals surface area contributed by atoms with Crippen molar-refractivity contribution in [2.24, 2.45) is 5.92 Å². The normalized spacial score (nSPS) is 11.2. The minimum Gasteiger partial charge on any atom is -0.356 e.